The van der Waals surface area contributed by atoms with Gasteiger partial charge < -0.3 is 10.2 Å². The van der Waals surface area contributed by atoms with Crippen molar-refractivity contribution in [3.63, 3.8) is 0 Å². The molecule has 0 spiro atoms. The topological polar surface area (TPSA) is 32.3 Å². The molecule has 1 amide bonds. The molecule has 0 bridgehead atoms. The fourth-order valence-electron chi connectivity index (χ4n) is 2.89. The summed E-state index contributed by atoms with van der Waals surface area (Å²) in [7, 11) is 0. The molecule has 0 heterocycles. The number of nitrogens with one attached hydrogen (secondary N) is 1. The molecule has 1 aliphatic carbocycles. The Morgan fingerprint density at radius 3 is 2.53 bits per heavy atom. The summed E-state index contributed by atoms with van der Waals surface area (Å²) in [6.07, 6.45) is 6.57. The first-order valence-electron chi connectivity index (χ1n) is 7.33. The van der Waals surface area contributed by atoms with Crippen molar-refractivity contribution in [2.24, 2.45) is 0 Å². The number of hydrogen-bond donors (Lipinski definition) is 1. The third kappa shape index (κ3) is 4.27. The van der Waals surface area contributed by atoms with Crippen molar-refractivity contribution in [2.75, 3.05) is 18.0 Å². The number of anilines is 1. The first kappa shape index (κ1) is 13.9. The molecule has 104 valence electrons. The van der Waals surface area contributed by atoms with Gasteiger partial charge in [0.15, 0.2) is 0 Å². The number of carbonyl (C=O) groups is 1. The van der Waals surface area contributed by atoms with E-state index in [2.05, 4.69) is 40.5 Å². The van der Waals surface area contributed by atoms with E-state index in [9.17, 15) is 4.79 Å². The quantitative estimate of drug-likeness (QED) is 0.882. The van der Waals surface area contributed by atoms with Gasteiger partial charge in [-0.2, -0.15) is 0 Å². The van der Waals surface area contributed by atoms with Gasteiger partial charge in [-0.15, -0.1) is 0 Å². The maximum Gasteiger partial charge on any atom is 0.216 e. The second-order valence-electron chi connectivity index (χ2n) is 5.30. The van der Waals surface area contributed by atoms with E-state index in [1.165, 1.54) is 37.8 Å². The molecule has 3 nitrogen and oxygen atoms in total. The van der Waals surface area contributed by atoms with Crippen LogP contribution in [0.15, 0.2) is 30.3 Å². The maximum absolute atomic E-state index is 11.0. The third-order valence-electron chi connectivity index (χ3n) is 3.83. The van der Waals surface area contributed by atoms with Crippen LogP contribution in [0.25, 0.3) is 0 Å². The standard InChI is InChI=1S/C16H24N2O/c1-14(19)17-12-13-18(15-8-4-2-5-9-15)16-10-6-3-7-11-16/h2,4-5,8-9,16H,3,6-7,10-13H2,1H3,(H,17,19). The average molecular weight is 260 g/mol. The summed E-state index contributed by atoms with van der Waals surface area (Å²) in [5.74, 6) is 0.0525. The molecule has 1 fully saturated rings. The second-order valence-corrected chi connectivity index (χ2v) is 5.30. The minimum Gasteiger partial charge on any atom is -0.367 e. The monoisotopic (exact) mass is 260 g/mol. The summed E-state index contributed by atoms with van der Waals surface area (Å²) in [6, 6.07) is 11.2. The van der Waals surface area contributed by atoms with E-state index >= 15 is 0 Å². The summed E-state index contributed by atoms with van der Waals surface area (Å²) in [5.41, 5.74) is 1.28. The largest absolute Gasteiger partial charge is 0.367 e. The van der Waals surface area contributed by atoms with Gasteiger partial charge in [-0.25, -0.2) is 0 Å². The molecule has 1 saturated carbocycles. The van der Waals surface area contributed by atoms with Gasteiger partial charge in [-0.05, 0) is 25.0 Å². The molecule has 1 aromatic carbocycles. The zero-order valence-electron chi connectivity index (χ0n) is 11.8. The van der Waals surface area contributed by atoms with Crippen LogP contribution in [-0.2, 0) is 4.79 Å². The molecule has 2 rings (SSSR count). The van der Waals surface area contributed by atoms with Gasteiger partial charge in [-0.3, -0.25) is 4.79 Å². The van der Waals surface area contributed by atoms with Gasteiger partial charge in [0.25, 0.3) is 0 Å². The van der Waals surface area contributed by atoms with E-state index in [1.54, 1.807) is 6.92 Å². The number of benzene rings is 1. The minimum atomic E-state index is 0.0525. The minimum absolute atomic E-state index is 0.0525. The Labute approximate surface area is 116 Å². The molecule has 1 N–H and O–H groups in total. The van der Waals surface area contributed by atoms with E-state index in [0.717, 1.165) is 13.1 Å². The summed E-state index contributed by atoms with van der Waals surface area (Å²) >= 11 is 0. The Morgan fingerprint density at radius 1 is 1.21 bits per heavy atom. The molecule has 3 heteroatoms. The van der Waals surface area contributed by atoms with Crippen molar-refractivity contribution in [1.29, 1.82) is 0 Å². The predicted molar refractivity (Wildman–Crippen MR) is 79.3 cm³/mol. The highest BCUT2D eigenvalue weighted by Gasteiger charge is 2.20. The van der Waals surface area contributed by atoms with E-state index in [-0.39, 0.29) is 5.91 Å². The summed E-state index contributed by atoms with van der Waals surface area (Å²) in [4.78, 5) is 13.5. The number of carbonyl (C=O) groups excluding carboxylic acids is 1. The van der Waals surface area contributed by atoms with Gasteiger partial charge in [0.1, 0.15) is 0 Å². The highest BCUT2D eigenvalue weighted by atomic mass is 16.1. The first-order valence-corrected chi connectivity index (χ1v) is 7.33. The number of para-hydroxylation sites is 1. The van der Waals surface area contributed by atoms with Crippen LogP contribution in [0.3, 0.4) is 0 Å². The fraction of sp³-hybridized carbons (Fsp3) is 0.562. The number of hydrogen-bond acceptors (Lipinski definition) is 2. The van der Waals surface area contributed by atoms with Gasteiger partial charge in [0, 0.05) is 31.7 Å². The summed E-state index contributed by atoms with van der Waals surface area (Å²) in [6.45, 7) is 3.20. The average Bonchev–Trinajstić information content (AvgIpc) is 2.45. The van der Waals surface area contributed by atoms with Crippen LogP contribution in [0.4, 0.5) is 5.69 Å². The van der Waals surface area contributed by atoms with Crippen LogP contribution in [0.1, 0.15) is 39.0 Å². The fourth-order valence-corrected chi connectivity index (χ4v) is 2.89. The number of nitrogens with zero attached hydrogens (tertiary/aromatic N) is 1. The normalized spacial score (nSPS) is 16.1. The lowest BCUT2D eigenvalue weighted by atomic mass is 9.93. The maximum atomic E-state index is 11.0. The molecule has 0 saturated heterocycles. The second kappa shape index (κ2) is 7.17. The number of rotatable bonds is 5. The van der Waals surface area contributed by atoms with E-state index in [0.29, 0.717) is 6.04 Å². The van der Waals surface area contributed by atoms with Crippen LogP contribution >= 0.6 is 0 Å². The van der Waals surface area contributed by atoms with E-state index in [1.807, 2.05) is 0 Å². The molecule has 0 unspecified atom stereocenters. The molecular formula is C16H24N2O. The van der Waals surface area contributed by atoms with Crippen LogP contribution in [-0.4, -0.2) is 25.0 Å². The zero-order chi connectivity index (χ0) is 13.5. The molecule has 0 aromatic heterocycles. The van der Waals surface area contributed by atoms with Crippen molar-refractivity contribution < 1.29 is 4.79 Å². The van der Waals surface area contributed by atoms with Crippen molar-refractivity contribution in [3.8, 4) is 0 Å². The molecule has 19 heavy (non-hydrogen) atoms. The Bertz CT molecular complexity index is 385. The zero-order valence-corrected chi connectivity index (χ0v) is 11.8. The van der Waals surface area contributed by atoms with Crippen LogP contribution in [0, 0.1) is 0 Å². The molecule has 1 aliphatic rings. The predicted octanol–water partition coefficient (Wildman–Crippen LogP) is 2.96. The molecule has 0 aliphatic heterocycles. The van der Waals surface area contributed by atoms with Crippen molar-refractivity contribution in [1.82, 2.24) is 5.32 Å². The highest BCUT2D eigenvalue weighted by molar-refractivity contribution is 5.72. The van der Waals surface area contributed by atoms with Crippen molar-refractivity contribution >= 4 is 11.6 Å². The van der Waals surface area contributed by atoms with Gasteiger partial charge in [-0.1, -0.05) is 37.5 Å². The first-order chi connectivity index (χ1) is 9.27. The van der Waals surface area contributed by atoms with Crippen LogP contribution in [0.2, 0.25) is 0 Å². The smallest absolute Gasteiger partial charge is 0.216 e. The summed E-state index contributed by atoms with van der Waals surface area (Å²) in [5, 5.41) is 2.90. The van der Waals surface area contributed by atoms with E-state index in [4.69, 9.17) is 0 Å². The van der Waals surface area contributed by atoms with Gasteiger partial charge >= 0.3 is 0 Å². The van der Waals surface area contributed by atoms with Crippen molar-refractivity contribution in [3.05, 3.63) is 30.3 Å². The molecular weight excluding hydrogens is 236 g/mol. The Kier molecular flexibility index (Phi) is 5.25. The Balaban J connectivity index is 2.01. The molecule has 0 radical (unpaired) electrons. The Hall–Kier alpha value is -1.51. The molecule has 0 atom stereocenters. The van der Waals surface area contributed by atoms with Gasteiger partial charge in [0.05, 0.1) is 0 Å². The lowest BCUT2D eigenvalue weighted by molar-refractivity contribution is -0.118. The Morgan fingerprint density at radius 2 is 1.89 bits per heavy atom. The number of amides is 1. The highest BCUT2D eigenvalue weighted by Crippen LogP contribution is 2.26. The van der Waals surface area contributed by atoms with Gasteiger partial charge in [0.2, 0.25) is 5.91 Å². The lowest BCUT2D eigenvalue weighted by Crippen LogP contribution is -2.41. The third-order valence-corrected chi connectivity index (χ3v) is 3.83. The SMILES string of the molecule is CC(=O)NCCN(c1ccccc1)C1CCCCC1. The van der Waals surface area contributed by atoms with Crippen LogP contribution in [0.5, 0.6) is 0 Å². The summed E-state index contributed by atoms with van der Waals surface area (Å²) < 4.78 is 0. The molecule has 1 aromatic rings. The lowest BCUT2D eigenvalue weighted by Gasteiger charge is -2.36. The van der Waals surface area contributed by atoms with Crippen molar-refractivity contribution in [2.45, 2.75) is 45.1 Å². The van der Waals surface area contributed by atoms with Crippen LogP contribution < -0.4 is 10.2 Å². The van der Waals surface area contributed by atoms with E-state index < -0.39 is 0 Å².